The summed E-state index contributed by atoms with van der Waals surface area (Å²) >= 11 is 0. The second kappa shape index (κ2) is 5.31. The first-order valence-corrected chi connectivity index (χ1v) is 7.26. The molecule has 1 saturated heterocycles. The molecule has 2 fully saturated rings. The molecule has 1 aliphatic heterocycles. The molecule has 5 nitrogen and oxygen atoms in total. The van der Waals surface area contributed by atoms with Crippen molar-refractivity contribution in [2.75, 3.05) is 4.90 Å². The highest BCUT2D eigenvalue weighted by atomic mass is 16.4. The fraction of sp³-hybridized carbons (Fsp3) is 0.438. The van der Waals surface area contributed by atoms with Gasteiger partial charge in [0.25, 0.3) is 0 Å². The van der Waals surface area contributed by atoms with E-state index in [1.54, 1.807) is 18.2 Å². The number of aryl methyl sites for hydroxylation is 1. The first-order valence-electron chi connectivity index (χ1n) is 7.26. The number of nitrogens with zero attached hydrogens (tertiary/aromatic N) is 1. The maximum Gasteiger partial charge on any atom is 0.303 e. The smallest absolute Gasteiger partial charge is 0.303 e. The van der Waals surface area contributed by atoms with E-state index in [4.69, 9.17) is 5.11 Å². The van der Waals surface area contributed by atoms with Crippen molar-refractivity contribution in [1.82, 2.24) is 0 Å². The molecule has 1 saturated carbocycles. The topological polar surface area (TPSA) is 74.7 Å². The molecule has 110 valence electrons. The van der Waals surface area contributed by atoms with E-state index in [2.05, 4.69) is 0 Å². The number of hydrogen-bond donors (Lipinski definition) is 1. The number of anilines is 1. The summed E-state index contributed by atoms with van der Waals surface area (Å²) in [6.45, 7) is 0. The van der Waals surface area contributed by atoms with E-state index in [0.29, 0.717) is 12.1 Å². The predicted octanol–water partition coefficient (Wildman–Crippen LogP) is 1.99. The van der Waals surface area contributed by atoms with Gasteiger partial charge in [-0.3, -0.25) is 19.3 Å². The Labute approximate surface area is 122 Å². The zero-order valence-electron chi connectivity index (χ0n) is 11.6. The molecule has 0 radical (unpaired) electrons. The Kier molecular flexibility index (Phi) is 3.49. The van der Waals surface area contributed by atoms with Gasteiger partial charge in [0.15, 0.2) is 0 Å². The fourth-order valence-electron chi connectivity index (χ4n) is 3.35. The zero-order chi connectivity index (χ0) is 15.0. The van der Waals surface area contributed by atoms with Crippen molar-refractivity contribution in [3.8, 4) is 0 Å². The monoisotopic (exact) mass is 287 g/mol. The summed E-state index contributed by atoms with van der Waals surface area (Å²) in [6, 6.07) is 7.07. The van der Waals surface area contributed by atoms with Gasteiger partial charge in [-0.25, -0.2) is 0 Å². The number of carbonyl (C=O) groups is 3. The maximum atomic E-state index is 12.4. The van der Waals surface area contributed by atoms with Crippen LogP contribution in [-0.2, 0) is 20.8 Å². The van der Waals surface area contributed by atoms with Crippen LogP contribution in [0, 0.1) is 11.8 Å². The largest absolute Gasteiger partial charge is 0.481 e. The van der Waals surface area contributed by atoms with Crippen molar-refractivity contribution in [2.45, 2.75) is 32.1 Å². The van der Waals surface area contributed by atoms with E-state index >= 15 is 0 Å². The average Bonchev–Trinajstić information content (AvgIpc) is 3.02. The number of fused-ring (bicyclic) bond motifs is 1. The van der Waals surface area contributed by atoms with E-state index in [9.17, 15) is 14.4 Å². The normalized spacial score (nSPS) is 24.5. The van der Waals surface area contributed by atoms with Gasteiger partial charge in [-0.15, -0.1) is 0 Å². The Hall–Kier alpha value is -2.17. The lowest BCUT2D eigenvalue weighted by Gasteiger charge is -2.16. The third kappa shape index (κ3) is 2.44. The Morgan fingerprint density at radius 1 is 1.19 bits per heavy atom. The number of carbonyl (C=O) groups excluding carboxylic acids is 2. The molecular weight excluding hydrogens is 270 g/mol. The number of carboxylic acids is 1. The van der Waals surface area contributed by atoms with Crippen LogP contribution < -0.4 is 4.90 Å². The van der Waals surface area contributed by atoms with E-state index < -0.39 is 5.97 Å². The highest BCUT2D eigenvalue weighted by molar-refractivity contribution is 6.22. The van der Waals surface area contributed by atoms with Crippen LogP contribution >= 0.6 is 0 Å². The van der Waals surface area contributed by atoms with Crippen LogP contribution in [0.4, 0.5) is 5.69 Å². The van der Waals surface area contributed by atoms with Gasteiger partial charge in [0, 0.05) is 6.42 Å². The number of aliphatic carboxylic acids is 1. The lowest BCUT2D eigenvalue weighted by molar-refractivity contribution is -0.137. The summed E-state index contributed by atoms with van der Waals surface area (Å²) in [7, 11) is 0. The molecule has 0 aromatic heterocycles. The Morgan fingerprint density at radius 3 is 2.48 bits per heavy atom. The van der Waals surface area contributed by atoms with Gasteiger partial charge in [0.1, 0.15) is 0 Å². The molecule has 0 spiro atoms. The minimum absolute atomic E-state index is 0.0383. The number of rotatable bonds is 4. The lowest BCUT2D eigenvalue weighted by Crippen LogP contribution is -2.31. The summed E-state index contributed by atoms with van der Waals surface area (Å²) < 4.78 is 0. The molecule has 1 aliphatic carbocycles. The summed E-state index contributed by atoms with van der Waals surface area (Å²) in [6.07, 6.45) is 2.97. The first kappa shape index (κ1) is 13.8. The van der Waals surface area contributed by atoms with Gasteiger partial charge < -0.3 is 5.11 Å². The second-order valence-electron chi connectivity index (χ2n) is 5.72. The van der Waals surface area contributed by atoms with E-state index in [0.717, 1.165) is 24.8 Å². The molecule has 1 N–H and O–H groups in total. The minimum atomic E-state index is -0.858. The molecule has 2 atom stereocenters. The standard InChI is InChI=1S/C16H17NO4/c18-14(19)8-7-10-3-1-4-11(9-10)17-15(20)12-5-2-6-13(12)16(17)21/h1,3-4,9,12-13H,2,5-8H2,(H,18,19). The van der Waals surface area contributed by atoms with Crippen molar-refractivity contribution >= 4 is 23.5 Å². The van der Waals surface area contributed by atoms with Crippen LogP contribution in [-0.4, -0.2) is 22.9 Å². The molecule has 1 aromatic carbocycles. The van der Waals surface area contributed by atoms with E-state index in [1.165, 1.54) is 4.90 Å². The molecule has 2 aliphatic rings. The number of amides is 2. The number of hydrogen-bond acceptors (Lipinski definition) is 3. The van der Waals surface area contributed by atoms with Gasteiger partial charge in [0.2, 0.25) is 11.8 Å². The van der Waals surface area contributed by atoms with Gasteiger partial charge in [-0.1, -0.05) is 18.6 Å². The van der Waals surface area contributed by atoms with E-state index in [-0.39, 0.29) is 30.1 Å². The summed E-state index contributed by atoms with van der Waals surface area (Å²) in [5.41, 5.74) is 1.40. The van der Waals surface area contributed by atoms with Crippen molar-refractivity contribution in [3.63, 3.8) is 0 Å². The lowest BCUT2D eigenvalue weighted by atomic mass is 10.00. The van der Waals surface area contributed by atoms with Crippen LogP contribution in [0.3, 0.4) is 0 Å². The minimum Gasteiger partial charge on any atom is -0.481 e. The average molecular weight is 287 g/mol. The third-order valence-electron chi connectivity index (χ3n) is 4.39. The Morgan fingerprint density at radius 2 is 1.86 bits per heavy atom. The number of imide groups is 1. The summed E-state index contributed by atoms with van der Waals surface area (Å²) in [5, 5.41) is 8.73. The number of benzene rings is 1. The highest BCUT2D eigenvalue weighted by Gasteiger charge is 2.50. The van der Waals surface area contributed by atoms with Crippen LogP contribution in [0.1, 0.15) is 31.2 Å². The Balaban J connectivity index is 1.83. The highest BCUT2D eigenvalue weighted by Crippen LogP contribution is 2.41. The molecule has 2 unspecified atom stereocenters. The van der Waals surface area contributed by atoms with Crippen molar-refractivity contribution in [3.05, 3.63) is 29.8 Å². The van der Waals surface area contributed by atoms with Crippen molar-refractivity contribution < 1.29 is 19.5 Å². The van der Waals surface area contributed by atoms with Crippen LogP contribution in [0.5, 0.6) is 0 Å². The molecule has 2 amide bonds. The maximum absolute atomic E-state index is 12.4. The van der Waals surface area contributed by atoms with Crippen LogP contribution in [0.15, 0.2) is 24.3 Å². The molecular formula is C16H17NO4. The van der Waals surface area contributed by atoms with Gasteiger partial charge in [0.05, 0.1) is 17.5 Å². The molecule has 1 heterocycles. The molecule has 0 bridgehead atoms. The van der Waals surface area contributed by atoms with Crippen LogP contribution in [0.2, 0.25) is 0 Å². The van der Waals surface area contributed by atoms with Gasteiger partial charge in [-0.2, -0.15) is 0 Å². The number of carboxylic acid groups (broad SMARTS) is 1. The second-order valence-corrected chi connectivity index (χ2v) is 5.72. The molecule has 5 heteroatoms. The molecule has 3 rings (SSSR count). The third-order valence-corrected chi connectivity index (χ3v) is 4.39. The SMILES string of the molecule is O=C(O)CCc1cccc(N2C(=O)C3CCCC3C2=O)c1. The van der Waals surface area contributed by atoms with E-state index in [1.807, 2.05) is 6.07 Å². The molecule has 21 heavy (non-hydrogen) atoms. The van der Waals surface area contributed by atoms with Gasteiger partial charge >= 0.3 is 5.97 Å². The van der Waals surface area contributed by atoms with Crippen molar-refractivity contribution in [1.29, 1.82) is 0 Å². The molecule has 1 aromatic rings. The fourth-order valence-corrected chi connectivity index (χ4v) is 3.35. The quantitative estimate of drug-likeness (QED) is 0.859. The summed E-state index contributed by atoms with van der Waals surface area (Å²) in [5.74, 6) is -1.36. The summed E-state index contributed by atoms with van der Waals surface area (Å²) in [4.78, 5) is 36.7. The van der Waals surface area contributed by atoms with Crippen LogP contribution in [0.25, 0.3) is 0 Å². The Bertz CT molecular complexity index is 588. The van der Waals surface area contributed by atoms with Crippen molar-refractivity contribution in [2.24, 2.45) is 11.8 Å². The van der Waals surface area contributed by atoms with Gasteiger partial charge in [-0.05, 0) is 37.0 Å². The first-order chi connectivity index (χ1) is 10.1. The predicted molar refractivity (Wildman–Crippen MR) is 75.7 cm³/mol. The zero-order valence-corrected chi connectivity index (χ0v) is 11.6.